The molecule has 2 N–H and O–H groups in total. The maximum atomic E-state index is 9.80. The third-order valence-electron chi connectivity index (χ3n) is 3.96. The summed E-state index contributed by atoms with van der Waals surface area (Å²) in [5, 5.41) is 13.4. The SMILES string of the molecule is CCN(CC)CCNC1CCc2c(O)cccc21. The van der Waals surface area contributed by atoms with E-state index in [2.05, 4.69) is 30.1 Å². The molecule has 0 heterocycles. The highest BCUT2D eigenvalue weighted by Crippen LogP contribution is 2.35. The van der Waals surface area contributed by atoms with Crippen molar-refractivity contribution in [1.82, 2.24) is 10.2 Å². The lowest BCUT2D eigenvalue weighted by molar-refractivity contribution is 0.296. The zero-order chi connectivity index (χ0) is 13.0. The van der Waals surface area contributed by atoms with Gasteiger partial charge in [0, 0.05) is 19.1 Å². The summed E-state index contributed by atoms with van der Waals surface area (Å²) in [6.45, 7) is 8.73. The van der Waals surface area contributed by atoms with Crippen LogP contribution in [0.2, 0.25) is 0 Å². The average Bonchev–Trinajstić information content (AvgIpc) is 2.80. The first-order chi connectivity index (χ1) is 8.76. The Balaban J connectivity index is 1.88. The number of phenolic OH excluding ortho intramolecular Hbond substituents is 1. The van der Waals surface area contributed by atoms with E-state index < -0.39 is 0 Å². The van der Waals surface area contributed by atoms with E-state index in [1.807, 2.05) is 6.07 Å². The second-order valence-electron chi connectivity index (χ2n) is 4.92. The van der Waals surface area contributed by atoms with Gasteiger partial charge in [-0.1, -0.05) is 26.0 Å². The number of phenols is 1. The molecule has 2 rings (SSSR count). The largest absolute Gasteiger partial charge is 0.508 e. The molecule has 18 heavy (non-hydrogen) atoms. The molecule has 100 valence electrons. The molecule has 0 fully saturated rings. The Labute approximate surface area is 110 Å². The van der Waals surface area contributed by atoms with Crippen molar-refractivity contribution in [2.24, 2.45) is 0 Å². The Morgan fingerprint density at radius 3 is 2.83 bits per heavy atom. The molecule has 0 spiro atoms. The van der Waals surface area contributed by atoms with Crippen LogP contribution in [0.5, 0.6) is 5.75 Å². The number of hydrogen-bond acceptors (Lipinski definition) is 3. The number of nitrogens with one attached hydrogen (secondary N) is 1. The summed E-state index contributed by atoms with van der Waals surface area (Å²) >= 11 is 0. The molecule has 0 amide bonds. The van der Waals surface area contributed by atoms with Crippen LogP contribution in [0.1, 0.15) is 37.4 Å². The molecule has 1 aromatic rings. The average molecular weight is 248 g/mol. The van der Waals surface area contributed by atoms with Gasteiger partial charge in [-0.05, 0) is 43.1 Å². The molecule has 0 saturated heterocycles. The van der Waals surface area contributed by atoms with Gasteiger partial charge in [-0.15, -0.1) is 0 Å². The summed E-state index contributed by atoms with van der Waals surface area (Å²) in [5.74, 6) is 0.459. The summed E-state index contributed by atoms with van der Waals surface area (Å²) in [7, 11) is 0. The quantitative estimate of drug-likeness (QED) is 0.811. The number of aromatic hydroxyl groups is 1. The maximum absolute atomic E-state index is 9.80. The lowest BCUT2D eigenvalue weighted by atomic mass is 10.1. The Hall–Kier alpha value is -1.06. The van der Waals surface area contributed by atoms with E-state index in [0.29, 0.717) is 11.8 Å². The smallest absolute Gasteiger partial charge is 0.119 e. The zero-order valence-corrected chi connectivity index (χ0v) is 11.4. The predicted molar refractivity (Wildman–Crippen MR) is 75.0 cm³/mol. The molecule has 1 atom stereocenters. The van der Waals surface area contributed by atoms with Gasteiger partial charge in [-0.25, -0.2) is 0 Å². The third kappa shape index (κ3) is 2.85. The van der Waals surface area contributed by atoms with Gasteiger partial charge in [0.25, 0.3) is 0 Å². The first kappa shape index (κ1) is 13.4. The van der Waals surface area contributed by atoms with Gasteiger partial charge in [0.2, 0.25) is 0 Å². The van der Waals surface area contributed by atoms with E-state index in [4.69, 9.17) is 0 Å². The minimum atomic E-state index is 0.419. The number of nitrogens with zero attached hydrogens (tertiary/aromatic N) is 1. The third-order valence-corrected chi connectivity index (χ3v) is 3.96. The summed E-state index contributed by atoms with van der Waals surface area (Å²) in [6.07, 6.45) is 2.09. The Morgan fingerprint density at radius 2 is 2.11 bits per heavy atom. The van der Waals surface area contributed by atoms with Crippen LogP contribution in [-0.2, 0) is 6.42 Å². The van der Waals surface area contributed by atoms with E-state index in [1.54, 1.807) is 6.07 Å². The van der Waals surface area contributed by atoms with Crippen LogP contribution < -0.4 is 5.32 Å². The molecule has 1 aliphatic rings. The molecule has 1 unspecified atom stereocenters. The highest BCUT2D eigenvalue weighted by molar-refractivity contribution is 5.44. The number of rotatable bonds is 6. The number of benzene rings is 1. The Bertz CT molecular complexity index is 388. The molecular formula is C15H24N2O. The molecule has 0 aromatic heterocycles. The Kier molecular flexibility index (Phi) is 4.61. The molecule has 0 radical (unpaired) electrons. The van der Waals surface area contributed by atoms with Gasteiger partial charge in [0.05, 0.1) is 0 Å². The van der Waals surface area contributed by atoms with Crippen molar-refractivity contribution in [2.75, 3.05) is 26.2 Å². The van der Waals surface area contributed by atoms with E-state index >= 15 is 0 Å². The van der Waals surface area contributed by atoms with Crippen molar-refractivity contribution in [3.63, 3.8) is 0 Å². The van der Waals surface area contributed by atoms with Gasteiger partial charge >= 0.3 is 0 Å². The number of fused-ring (bicyclic) bond motifs is 1. The van der Waals surface area contributed by atoms with Crippen LogP contribution >= 0.6 is 0 Å². The van der Waals surface area contributed by atoms with Crippen LogP contribution in [0, 0.1) is 0 Å². The molecule has 1 aromatic carbocycles. The number of hydrogen-bond donors (Lipinski definition) is 2. The van der Waals surface area contributed by atoms with Gasteiger partial charge in [-0.3, -0.25) is 0 Å². The van der Waals surface area contributed by atoms with Crippen molar-refractivity contribution < 1.29 is 5.11 Å². The molecule has 0 aliphatic heterocycles. The molecule has 0 bridgehead atoms. The zero-order valence-electron chi connectivity index (χ0n) is 11.4. The summed E-state index contributed by atoms with van der Waals surface area (Å²) in [6, 6.07) is 6.29. The summed E-state index contributed by atoms with van der Waals surface area (Å²) < 4.78 is 0. The topological polar surface area (TPSA) is 35.5 Å². The van der Waals surface area contributed by atoms with Gasteiger partial charge in [0.15, 0.2) is 0 Å². The van der Waals surface area contributed by atoms with E-state index in [-0.39, 0.29) is 0 Å². The highest BCUT2D eigenvalue weighted by Gasteiger charge is 2.23. The fraction of sp³-hybridized carbons (Fsp3) is 0.600. The predicted octanol–water partition coefficient (Wildman–Crippen LogP) is 2.31. The molecule has 0 saturated carbocycles. The highest BCUT2D eigenvalue weighted by atomic mass is 16.3. The summed E-state index contributed by atoms with van der Waals surface area (Å²) in [5.41, 5.74) is 2.42. The lowest BCUT2D eigenvalue weighted by Gasteiger charge is -2.20. The van der Waals surface area contributed by atoms with Gasteiger partial charge in [0.1, 0.15) is 5.75 Å². The van der Waals surface area contributed by atoms with Crippen molar-refractivity contribution in [1.29, 1.82) is 0 Å². The summed E-state index contributed by atoms with van der Waals surface area (Å²) in [4.78, 5) is 2.42. The van der Waals surface area contributed by atoms with Crippen LogP contribution in [0.25, 0.3) is 0 Å². The van der Waals surface area contributed by atoms with Crippen molar-refractivity contribution in [3.8, 4) is 5.75 Å². The second kappa shape index (κ2) is 6.21. The van der Waals surface area contributed by atoms with E-state index in [0.717, 1.165) is 44.6 Å². The first-order valence-electron chi connectivity index (χ1n) is 7.02. The fourth-order valence-electron chi connectivity index (χ4n) is 2.78. The first-order valence-corrected chi connectivity index (χ1v) is 7.02. The lowest BCUT2D eigenvalue weighted by Crippen LogP contribution is -2.33. The molecule has 1 aliphatic carbocycles. The minimum absolute atomic E-state index is 0.419. The van der Waals surface area contributed by atoms with Crippen LogP contribution in [0.4, 0.5) is 0 Å². The van der Waals surface area contributed by atoms with Crippen molar-refractivity contribution >= 4 is 0 Å². The van der Waals surface area contributed by atoms with E-state index in [9.17, 15) is 5.11 Å². The molecule has 3 nitrogen and oxygen atoms in total. The minimum Gasteiger partial charge on any atom is -0.508 e. The second-order valence-corrected chi connectivity index (χ2v) is 4.92. The van der Waals surface area contributed by atoms with Crippen molar-refractivity contribution in [3.05, 3.63) is 29.3 Å². The molecule has 3 heteroatoms. The van der Waals surface area contributed by atoms with Crippen LogP contribution in [-0.4, -0.2) is 36.2 Å². The normalized spacial score (nSPS) is 18.3. The van der Waals surface area contributed by atoms with Crippen molar-refractivity contribution in [2.45, 2.75) is 32.7 Å². The standard InChI is InChI=1S/C15H24N2O/c1-3-17(4-2)11-10-16-14-9-8-13-12(14)6-5-7-15(13)18/h5-7,14,16,18H,3-4,8-11H2,1-2H3. The monoisotopic (exact) mass is 248 g/mol. The van der Waals surface area contributed by atoms with Crippen LogP contribution in [0.3, 0.4) is 0 Å². The van der Waals surface area contributed by atoms with Crippen LogP contribution in [0.15, 0.2) is 18.2 Å². The Morgan fingerprint density at radius 1 is 1.33 bits per heavy atom. The molecular weight excluding hydrogens is 224 g/mol. The van der Waals surface area contributed by atoms with Gasteiger partial charge in [-0.2, -0.15) is 0 Å². The van der Waals surface area contributed by atoms with E-state index in [1.165, 1.54) is 5.56 Å². The maximum Gasteiger partial charge on any atom is 0.119 e. The fourth-order valence-corrected chi connectivity index (χ4v) is 2.78. The van der Waals surface area contributed by atoms with Gasteiger partial charge < -0.3 is 15.3 Å². The number of likely N-dealkylation sites (N-methyl/N-ethyl adjacent to an activating group) is 1.